The van der Waals surface area contributed by atoms with Gasteiger partial charge in [-0.2, -0.15) is 13.2 Å². The number of rotatable bonds is 5. The molecule has 0 aliphatic carbocycles. The molecule has 0 saturated carbocycles. The summed E-state index contributed by atoms with van der Waals surface area (Å²) in [4.78, 5) is 22.9. The fraction of sp³-hybridized carbons (Fsp3) is 0.429. The van der Waals surface area contributed by atoms with Gasteiger partial charge < -0.3 is 25.4 Å². The summed E-state index contributed by atoms with van der Waals surface area (Å²) in [6.45, 7) is -1.15. The largest absolute Gasteiger partial charge is 0.493 e. The van der Waals surface area contributed by atoms with E-state index in [-0.39, 0.29) is 35.6 Å². The average Bonchev–Trinajstić information content (AvgIpc) is 2.89. The third kappa shape index (κ3) is 5.21. The lowest BCUT2D eigenvalue weighted by atomic mass is 10.2. The van der Waals surface area contributed by atoms with Crippen molar-refractivity contribution in [1.82, 2.24) is 10.6 Å². The summed E-state index contributed by atoms with van der Waals surface area (Å²) in [7, 11) is 1.29. The maximum Gasteiger partial charge on any atom is 0.422 e. The molecular weight excluding hydrogens is 331 g/mol. The fourth-order valence-electron chi connectivity index (χ4n) is 2.09. The Bertz CT molecular complexity index is 622. The Morgan fingerprint density at radius 3 is 2.71 bits per heavy atom. The minimum Gasteiger partial charge on any atom is -0.493 e. The second-order valence-corrected chi connectivity index (χ2v) is 5.07. The van der Waals surface area contributed by atoms with Crippen molar-refractivity contribution in [2.45, 2.75) is 18.6 Å². The molecule has 0 unspecified atom stereocenters. The second kappa shape index (κ2) is 7.28. The number of anilines is 1. The van der Waals surface area contributed by atoms with Gasteiger partial charge in [-0.25, -0.2) is 4.79 Å². The van der Waals surface area contributed by atoms with Crippen LogP contribution in [0.5, 0.6) is 11.5 Å². The summed E-state index contributed by atoms with van der Waals surface area (Å²) >= 11 is 0. The Morgan fingerprint density at radius 2 is 2.12 bits per heavy atom. The number of carbonyl (C=O) groups excluding carboxylic acids is 2. The molecule has 3 N–H and O–H groups in total. The van der Waals surface area contributed by atoms with Gasteiger partial charge in [0.15, 0.2) is 18.1 Å². The summed E-state index contributed by atoms with van der Waals surface area (Å²) < 4.78 is 46.4. The van der Waals surface area contributed by atoms with Gasteiger partial charge in [-0.1, -0.05) is 0 Å². The number of hydrogen-bond donors (Lipinski definition) is 3. The number of benzene rings is 1. The molecule has 1 aromatic carbocycles. The highest BCUT2D eigenvalue weighted by atomic mass is 19.4. The molecule has 0 bridgehead atoms. The first-order chi connectivity index (χ1) is 11.3. The first-order valence-electron chi connectivity index (χ1n) is 6.98. The van der Waals surface area contributed by atoms with Crippen LogP contribution in [0.2, 0.25) is 0 Å². The molecule has 1 heterocycles. The van der Waals surface area contributed by atoms with Gasteiger partial charge in [-0.3, -0.25) is 4.79 Å². The van der Waals surface area contributed by atoms with Crippen LogP contribution < -0.4 is 25.4 Å². The van der Waals surface area contributed by atoms with Crippen molar-refractivity contribution in [3.8, 4) is 11.5 Å². The third-order valence-electron chi connectivity index (χ3n) is 3.13. The Balaban J connectivity index is 1.99. The molecule has 24 heavy (non-hydrogen) atoms. The van der Waals surface area contributed by atoms with E-state index >= 15 is 0 Å². The van der Waals surface area contributed by atoms with Crippen molar-refractivity contribution in [2.75, 3.05) is 25.6 Å². The molecule has 1 aliphatic rings. The Kier molecular flexibility index (Phi) is 5.37. The molecule has 1 aromatic rings. The molecule has 1 saturated heterocycles. The summed E-state index contributed by atoms with van der Waals surface area (Å²) in [5.74, 6) is -0.200. The van der Waals surface area contributed by atoms with Gasteiger partial charge in [0.1, 0.15) is 0 Å². The Hall–Kier alpha value is -2.65. The molecule has 7 nitrogen and oxygen atoms in total. The summed E-state index contributed by atoms with van der Waals surface area (Å²) in [6, 6.07) is 3.14. The topological polar surface area (TPSA) is 88.7 Å². The molecule has 3 amide bonds. The van der Waals surface area contributed by atoms with E-state index in [2.05, 4.69) is 20.7 Å². The lowest BCUT2D eigenvalue weighted by Gasteiger charge is -2.15. The number of amides is 3. The molecule has 0 radical (unpaired) electrons. The van der Waals surface area contributed by atoms with Crippen LogP contribution in [-0.4, -0.2) is 44.4 Å². The monoisotopic (exact) mass is 347 g/mol. The molecule has 1 aliphatic heterocycles. The molecule has 2 rings (SSSR count). The number of alkyl halides is 3. The van der Waals surface area contributed by atoms with Crippen molar-refractivity contribution in [1.29, 1.82) is 0 Å². The van der Waals surface area contributed by atoms with Crippen LogP contribution in [0.3, 0.4) is 0 Å². The van der Waals surface area contributed by atoms with E-state index in [1.54, 1.807) is 0 Å². The highest BCUT2D eigenvalue weighted by Gasteiger charge is 2.29. The molecular formula is C14H16F3N3O4. The minimum absolute atomic E-state index is 0.107. The van der Waals surface area contributed by atoms with E-state index in [1.165, 1.54) is 25.3 Å². The van der Waals surface area contributed by atoms with Crippen molar-refractivity contribution < 1.29 is 32.2 Å². The molecule has 10 heteroatoms. The Labute approximate surface area is 135 Å². The van der Waals surface area contributed by atoms with Crippen molar-refractivity contribution in [3.63, 3.8) is 0 Å². The van der Waals surface area contributed by atoms with Gasteiger partial charge in [0, 0.05) is 24.7 Å². The fourth-order valence-corrected chi connectivity index (χ4v) is 2.09. The van der Waals surface area contributed by atoms with Crippen LogP contribution in [0.15, 0.2) is 18.2 Å². The standard InChI is InChI=1S/C14H16F3N3O4/c1-23-10-3-2-8(4-11(10)24-7-14(15,16)17)19-13(22)20-9-5-12(21)18-6-9/h2-4,9H,5-7H2,1H3,(H,18,21)(H2,19,20,22)/t9-/m0/s1. The quantitative estimate of drug-likeness (QED) is 0.756. The first kappa shape index (κ1) is 17.7. The maximum atomic E-state index is 12.3. The van der Waals surface area contributed by atoms with Gasteiger partial charge in [-0.05, 0) is 12.1 Å². The van der Waals surface area contributed by atoms with E-state index in [0.29, 0.717) is 6.54 Å². The van der Waals surface area contributed by atoms with E-state index < -0.39 is 18.8 Å². The summed E-state index contributed by atoms with van der Waals surface area (Å²) in [6.07, 6.45) is -4.32. The SMILES string of the molecule is COc1ccc(NC(=O)N[C@@H]2CNC(=O)C2)cc1OCC(F)(F)F. The number of methoxy groups -OCH3 is 1. The third-order valence-corrected chi connectivity index (χ3v) is 3.13. The lowest BCUT2D eigenvalue weighted by Crippen LogP contribution is -2.39. The van der Waals surface area contributed by atoms with Gasteiger partial charge in [0.25, 0.3) is 0 Å². The van der Waals surface area contributed by atoms with E-state index in [4.69, 9.17) is 4.74 Å². The zero-order valence-corrected chi connectivity index (χ0v) is 12.7. The van der Waals surface area contributed by atoms with Crippen molar-refractivity contribution in [3.05, 3.63) is 18.2 Å². The van der Waals surface area contributed by atoms with Crippen LogP contribution in [0.4, 0.5) is 23.7 Å². The van der Waals surface area contributed by atoms with E-state index in [0.717, 1.165) is 0 Å². The number of halogens is 3. The molecule has 1 fully saturated rings. The number of hydrogen-bond acceptors (Lipinski definition) is 4. The highest BCUT2D eigenvalue weighted by Crippen LogP contribution is 2.31. The number of carbonyl (C=O) groups is 2. The van der Waals surface area contributed by atoms with E-state index in [1.807, 2.05) is 0 Å². The van der Waals surface area contributed by atoms with Crippen molar-refractivity contribution in [2.24, 2.45) is 0 Å². The molecule has 0 spiro atoms. The van der Waals surface area contributed by atoms with Gasteiger partial charge in [0.2, 0.25) is 5.91 Å². The molecule has 132 valence electrons. The number of urea groups is 1. The van der Waals surface area contributed by atoms with E-state index in [9.17, 15) is 22.8 Å². The zero-order chi connectivity index (χ0) is 17.7. The van der Waals surface area contributed by atoms with Gasteiger partial charge in [0.05, 0.1) is 13.2 Å². The molecule has 1 atom stereocenters. The zero-order valence-electron chi connectivity index (χ0n) is 12.7. The highest BCUT2D eigenvalue weighted by molar-refractivity contribution is 5.90. The van der Waals surface area contributed by atoms with Crippen LogP contribution in [0.25, 0.3) is 0 Å². The summed E-state index contributed by atoms with van der Waals surface area (Å²) in [5, 5.41) is 7.61. The van der Waals surface area contributed by atoms with Crippen LogP contribution in [0.1, 0.15) is 6.42 Å². The lowest BCUT2D eigenvalue weighted by molar-refractivity contribution is -0.153. The smallest absolute Gasteiger partial charge is 0.422 e. The Morgan fingerprint density at radius 1 is 1.38 bits per heavy atom. The normalized spacial score (nSPS) is 17.2. The summed E-state index contributed by atoms with van der Waals surface area (Å²) in [5.41, 5.74) is 0.225. The van der Waals surface area contributed by atoms with Crippen LogP contribution in [0, 0.1) is 0 Å². The number of nitrogens with one attached hydrogen (secondary N) is 3. The van der Waals surface area contributed by atoms with Crippen molar-refractivity contribution >= 4 is 17.6 Å². The minimum atomic E-state index is -4.49. The first-order valence-corrected chi connectivity index (χ1v) is 6.98. The predicted octanol–water partition coefficient (Wildman–Crippen LogP) is 1.65. The number of ether oxygens (including phenoxy) is 2. The van der Waals surface area contributed by atoms with Crippen LogP contribution in [-0.2, 0) is 4.79 Å². The maximum absolute atomic E-state index is 12.3. The second-order valence-electron chi connectivity index (χ2n) is 5.07. The van der Waals surface area contributed by atoms with Crippen LogP contribution >= 0.6 is 0 Å². The van der Waals surface area contributed by atoms with Gasteiger partial charge in [-0.15, -0.1) is 0 Å². The predicted molar refractivity (Wildman–Crippen MR) is 78.1 cm³/mol. The van der Waals surface area contributed by atoms with Gasteiger partial charge >= 0.3 is 12.2 Å². The molecule has 0 aromatic heterocycles. The average molecular weight is 347 g/mol.